The van der Waals surface area contributed by atoms with Crippen LogP contribution in [0.3, 0.4) is 0 Å². The number of alkyl carbamates (subject to hydrolysis) is 1. The van der Waals surface area contributed by atoms with Crippen LogP contribution in [0.2, 0.25) is 0 Å². The molecule has 0 unspecified atom stereocenters. The van der Waals surface area contributed by atoms with Gasteiger partial charge in [0, 0.05) is 6.42 Å². The van der Waals surface area contributed by atoms with E-state index in [2.05, 4.69) is 10.6 Å². The topological polar surface area (TPSA) is 128 Å². The van der Waals surface area contributed by atoms with Crippen LogP contribution in [0.1, 0.15) is 58.3 Å². The largest absolute Gasteiger partial charge is 0.450 e. The minimum absolute atomic E-state index is 0.102. The molecule has 3 amide bonds. The van der Waals surface area contributed by atoms with Crippen LogP contribution in [-0.2, 0) is 19.1 Å². The van der Waals surface area contributed by atoms with Crippen molar-refractivity contribution in [1.29, 1.82) is 0 Å². The van der Waals surface area contributed by atoms with Gasteiger partial charge in [0.1, 0.15) is 17.2 Å². The van der Waals surface area contributed by atoms with Crippen molar-refractivity contribution in [3.63, 3.8) is 0 Å². The summed E-state index contributed by atoms with van der Waals surface area (Å²) in [5.41, 5.74) is 2.16. The Hall–Kier alpha value is -2.19. The normalized spacial score (nSPS) is 21.2. The molecule has 4 N–H and O–H groups in total. The molecule has 2 rings (SSSR count). The van der Waals surface area contributed by atoms with Crippen LogP contribution in [0.15, 0.2) is 0 Å². The second-order valence-corrected chi connectivity index (χ2v) is 7.10. The van der Waals surface area contributed by atoms with E-state index in [4.69, 9.17) is 10.5 Å². The highest BCUT2D eigenvalue weighted by molar-refractivity contribution is 6.39. The summed E-state index contributed by atoms with van der Waals surface area (Å²) in [6, 6.07) is -1.20. The second kappa shape index (κ2) is 8.01. The lowest BCUT2D eigenvalue weighted by Gasteiger charge is -2.41. The fourth-order valence-corrected chi connectivity index (χ4v) is 3.60. The standard InChI is InChI=1S/C17H26FN3O5/c1-2-26-15(25)20-11(10-16(18)6-3-4-7-16)14(24)21-17(8-5-9-17)12(22)13(19)23/h11H,2-10H2,1H3,(H2,19,23)(H,20,25)(H,21,24)/t11-/m0/s1. The van der Waals surface area contributed by atoms with E-state index in [1.165, 1.54) is 0 Å². The van der Waals surface area contributed by atoms with Crippen molar-refractivity contribution in [2.45, 2.75) is 75.5 Å². The molecule has 0 radical (unpaired) electrons. The summed E-state index contributed by atoms with van der Waals surface area (Å²) in [5.74, 6) is -2.71. The van der Waals surface area contributed by atoms with Gasteiger partial charge in [-0.2, -0.15) is 0 Å². The first-order chi connectivity index (χ1) is 12.2. The van der Waals surface area contributed by atoms with E-state index in [0.717, 1.165) is 0 Å². The number of hydrogen-bond acceptors (Lipinski definition) is 5. The minimum Gasteiger partial charge on any atom is -0.450 e. The first kappa shape index (κ1) is 20.1. The average Bonchev–Trinajstić information content (AvgIpc) is 2.96. The van der Waals surface area contributed by atoms with Crippen molar-refractivity contribution in [2.75, 3.05) is 6.61 Å². The van der Waals surface area contributed by atoms with Gasteiger partial charge >= 0.3 is 6.09 Å². The molecule has 2 saturated carbocycles. The molecule has 0 aromatic carbocycles. The van der Waals surface area contributed by atoms with Crippen molar-refractivity contribution >= 4 is 23.7 Å². The Morgan fingerprint density at radius 3 is 2.19 bits per heavy atom. The van der Waals surface area contributed by atoms with E-state index >= 15 is 0 Å². The number of halogens is 1. The summed E-state index contributed by atoms with van der Waals surface area (Å²) < 4.78 is 19.6. The van der Waals surface area contributed by atoms with E-state index in [1.807, 2.05) is 0 Å². The van der Waals surface area contributed by atoms with Crippen LogP contribution >= 0.6 is 0 Å². The number of rotatable bonds is 8. The Kier molecular flexibility index (Phi) is 6.20. The van der Waals surface area contributed by atoms with E-state index in [0.29, 0.717) is 32.1 Å². The maximum atomic E-state index is 14.9. The molecule has 0 aromatic heterocycles. The van der Waals surface area contributed by atoms with Gasteiger partial charge in [-0.15, -0.1) is 0 Å². The molecule has 0 spiro atoms. The lowest BCUT2D eigenvalue weighted by molar-refractivity contribution is -0.145. The number of ketones is 1. The van der Waals surface area contributed by atoms with Gasteiger partial charge in [0.2, 0.25) is 11.7 Å². The fraction of sp³-hybridized carbons (Fsp3) is 0.765. The Bertz CT molecular complexity index is 585. The maximum Gasteiger partial charge on any atom is 0.407 e. The number of nitrogens with two attached hydrogens (primary N) is 1. The van der Waals surface area contributed by atoms with Crippen LogP contribution in [0.5, 0.6) is 0 Å². The lowest BCUT2D eigenvalue weighted by Crippen LogP contribution is -2.65. The molecule has 8 nitrogen and oxygen atoms in total. The van der Waals surface area contributed by atoms with Gasteiger partial charge in [0.05, 0.1) is 6.61 Å². The van der Waals surface area contributed by atoms with Crippen LogP contribution < -0.4 is 16.4 Å². The van der Waals surface area contributed by atoms with E-state index < -0.39 is 40.9 Å². The molecule has 2 fully saturated rings. The predicted molar refractivity (Wildman–Crippen MR) is 89.8 cm³/mol. The predicted octanol–water partition coefficient (Wildman–Crippen LogP) is 0.867. The monoisotopic (exact) mass is 371 g/mol. The molecule has 0 heterocycles. The number of Topliss-reactive ketones (excluding diaryl/α,β-unsaturated/α-hetero) is 1. The van der Waals surface area contributed by atoms with Crippen molar-refractivity contribution in [1.82, 2.24) is 10.6 Å². The minimum atomic E-state index is -1.55. The Labute approximate surface area is 151 Å². The number of carbonyl (C=O) groups excluding carboxylic acids is 4. The van der Waals surface area contributed by atoms with Crippen molar-refractivity contribution in [3.05, 3.63) is 0 Å². The number of carbonyl (C=O) groups is 4. The van der Waals surface area contributed by atoms with E-state index in [-0.39, 0.29) is 25.9 Å². The summed E-state index contributed by atoms with van der Waals surface area (Å²) in [5, 5.41) is 4.89. The lowest BCUT2D eigenvalue weighted by atomic mass is 9.73. The van der Waals surface area contributed by atoms with Gasteiger partial charge in [-0.3, -0.25) is 14.4 Å². The number of hydrogen-bond donors (Lipinski definition) is 3. The van der Waals surface area contributed by atoms with Gasteiger partial charge < -0.3 is 21.1 Å². The van der Waals surface area contributed by atoms with Crippen molar-refractivity contribution < 1.29 is 28.3 Å². The maximum absolute atomic E-state index is 14.9. The third-order valence-corrected chi connectivity index (χ3v) is 5.18. The molecule has 9 heteroatoms. The molecule has 146 valence electrons. The smallest absolute Gasteiger partial charge is 0.407 e. The number of ether oxygens (including phenoxy) is 1. The van der Waals surface area contributed by atoms with Crippen LogP contribution in [-0.4, -0.2) is 47.5 Å². The number of amides is 3. The van der Waals surface area contributed by atoms with Gasteiger partial charge in [0.25, 0.3) is 5.91 Å². The summed E-state index contributed by atoms with van der Waals surface area (Å²) >= 11 is 0. The number of nitrogens with one attached hydrogen (secondary N) is 2. The Balaban J connectivity index is 2.12. The van der Waals surface area contributed by atoms with E-state index in [9.17, 15) is 23.6 Å². The molecule has 0 saturated heterocycles. The average molecular weight is 371 g/mol. The van der Waals surface area contributed by atoms with Gasteiger partial charge in [0.15, 0.2) is 0 Å². The number of primary amides is 1. The molecule has 0 bridgehead atoms. The van der Waals surface area contributed by atoms with Crippen LogP contribution in [0, 0.1) is 0 Å². The zero-order chi connectivity index (χ0) is 19.4. The van der Waals surface area contributed by atoms with Crippen molar-refractivity contribution in [2.24, 2.45) is 5.73 Å². The SMILES string of the molecule is CCOC(=O)N[C@@H](CC1(F)CCCC1)C(=O)NC1(C(=O)C(N)=O)CCC1. The third-order valence-electron chi connectivity index (χ3n) is 5.18. The molecule has 0 aromatic rings. The summed E-state index contributed by atoms with van der Waals surface area (Å²) in [6.07, 6.45) is 2.24. The highest BCUT2D eigenvalue weighted by atomic mass is 19.1. The second-order valence-electron chi connectivity index (χ2n) is 7.10. The van der Waals surface area contributed by atoms with Crippen molar-refractivity contribution in [3.8, 4) is 0 Å². The van der Waals surface area contributed by atoms with Crippen LogP contribution in [0.25, 0.3) is 0 Å². The summed E-state index contributed by atoms with van der Waals surface area (Å²) in [7, 11) is 0. The van der Waals surface area contributed by atoms with Gasteiger partial charge in [-0.1, -0.05) is 12.8 Å². The van der Waals surface area contributed by atoms with Gasteiger partial charge in [-0.05, 0) is 39.0 Å². The molecular weight excluding hydrogens is 345 g/mol. The Morgan fingerprint density at radius 1 is 1.12 bits per heavy atom. The Morgan fingerprint density at radius 2 is 1.73 bits per heavy atom. The van der Waals surface area contributed by atoms with E-state index in [1.54, 1.807) is 6.92 Å². The quantitative estimate of drug-likeness (QED) is 0.546. The number of alkyl halides is 1. The van der Waals surface area contributed by atoms with Crippen LogP contribution in [0.4, 0.5) is 9.18 Å². The first-order valence-electron chi connectivity index (χ1n) is 9.00. The highest BCUT2D eigenvalue weighted by Gasteiger charge is 2.49. The third kappa shape index (κ3) is 4.50. The molecular formula is C17H26FN3O5. The molecule has 1 atom stereocenters. The molecule has 2 aliphatic carbocycles. The molecule has 0 aliphatic heterocycles. The molecule has 26 heavy (non-hydrogen) atoms. The zero-order valence-electron chi connectivity index (χ0n) is 14.9. The first-order valence-corrected chi connectivity index (χ1v) is 9.00. The highest BCUT2D eigenvalue weighted by Crippen LogP contribution is 2.38. The zero-order valence-corrected chi connectivity index (χ0v) is 14.9. The summed E-state index contributed by atoms with van der Waals surface area (Å²) in [6.45, 7) is 1.71. The molecule has 2 aliphatic rings. The fourth-order valence-electron chi connectivity index (χ4n) is 3.60. The van der Waals surface area contributed by atoms with Gasteiger partial charge in [-0.25, -0.2) is 9.18 Å². The summed E-state index contributed by atoms with van der Waals surface area (Å²) in [4.78, 5) is 47.8.